The Labute approximate surface area is 227 Å². The third-order valence-corrected chi connectivity index (χ3v) is 7.87. The van der Waals surface area contributed by atoms with Gasteiger partial charge in [-0.3, -0.25) is 4.98 Å². The van der Waals surface area contributed by atoms with Crippen LogP contribution in [0.2, 0.25) is 0 Å². The molecule has 1 aromatic carbocycles. The lowest BCUT2D eigenvalue weighted by molar-refractivity contribution is 0.0548. The Morgan fingerprint density at radius 1 is 1.10 bits per heavy atom. The van der Waals surface area contributed by atoms with Crippen molar-refractivity contribution >= 4 is 21.9 Å². The summed E-state index contributed by atoms with van der Waals surface area (Å²) in [6, 6.07) is 12.7. The molecule has 1 fully saturated rings. The number of aryl methyl sites for hydroxylation is 2. The molecular weight excluding hydrogens is 492 g/mol. The van der Waals surface area contributed by atoms with Gasteiger partial charge >= 0.3 is 0 Å². The summed E-state index contributed by atoms with van der Waals surface area (Å²) < 4.78 is 15.7. The molecule has 0 amide bonds. The molecule has 39 heavy (non-hydrogen) atoms. The van der Waals surface area contributed by atoms with Crippen molar-refractivity contribution in [3.63, 3.8) is 0 Å². The number of hydrogen-bond acceptors (Lipinski definition) is 7. The number of methoxy groups -OCH3 is 1. The van der Waals surface area contributed by atoms with Crippen LogP contribution in [0.25, 0.3) is 33.2 Å². The summed E-state index contributed by atoms with van der Waals surface area (Å²) >= 11 is 0. The lowest BCUT2D eigenvalue weighted by Crippen LogP contribution is -2.28. The van der Waals surface area contributed by atoms with E-state index in [4.69, 9.17) is 14.5 Å². The molecule has 0 radical (unpaired) electrons. The lowest BCUT2D eigenvalue weighted by Gasteiger charge is -2.34. The van der Waals surface area contributed by atoms with E-state index in [0.29, 0.717) is 11.8 Å². The standard InChI is InChI=1S/C30H34N6O3/c1-18-26(35(4)34-33-18)21-15-23-25(31-16-21)24-28(22(30(2,3)37)17-32-29(24)38-5)36(23)27(19-9-7-6-8-10-19)20-11-13-39-14-12-20/h6-10,15-17,20,27,37H,11-14H2,1-5H3/t27-/m1/s1. The SMILES string of the molecule is COc1ncc(C(C)(C)O)c2c1c1ncc(-c3c(C)nnn3C)cc1n2[C@H](c1ccccc1)C1CCOCC1. The summed E-state index contributed by atoms with van der Waals surface area (Å²) in [7, 11) is 3.52. The number of hydrogen-bond donors (Lipinski definition) is 1. The van der Waals surface area contributed by atoms with Gasteiger partial charge in [-0.15, -0.1) is 5.10 Å². The van der Waals surface area contributed by atoms with E-state index in [2.05, 4.69) is 50.2 Å². The van der Waals surface area contributed by atoms with Crippen LogP contribution in [0.5, 0.6) is 5.88 Å². The number of pyridine rings is 2. The number of benzene rings is 1. The molecule has 0 spiro atoms. The van der Waals surface area contributed by atoms with Crippen LogP contribution in [0.4, 0.5) is 0 Å². The van der Waals surface area contributed by atoms with Gasteiger partial charge in [0.2, 0.25) is 5.88 Å². The van der Waals surface area contributed by atoms with Crippen molar-refractivity contribution in [3.05, 3.63) is 65.6 Å². The van der Waals surface area contributed by atoms with Gasteiger partial charge in [0.25, 0.3) is 0 Å². The highest BCUT2D eigenvalue weighted by Gasteiger charge is 2.34. The first-order chi connectivity index (χ1) is 18.8. The predicted octanol–water partition coefficient (Wildman–Crippen LogP) is 4.94. The Balaban J connectivity index is 1.78. The van der Waals surface area contributed by atoms with Crippen LogP contribution in [-0.2, 0) is 17.4 Å². The van der Waals surface area contributed by atoms with E-state index in [-0.39, 0.29) is 6.04 Å². The average molecular weight is 527 g/mol. The average Bonchev–Trinajstić information content (AvgIpc) is 3.45. The maximum Gasteiger partial charge on any atom is 0.224 e. The van der Waals surface area contributed by atoms with Crippen LogP contribution >= 0.6 is 0 Å². The molecule has 0 saturated carbocycles. The highest BCUT2D eigenvalue weighted by Crippen LogP contribution is 2.45. The van der Waals surface area contributed by atoms with Gasteiger partial charge < -0.3 is 19.1 Å². The Morgan fingerprint density at radius 2 is 1.85 bits per heavy atom. The van der Waals surface area contributed by atoms with E-state index in [0.717, 1.165) is 70.5 Å². The second-order valence-corrected chi connectivity index (χ2v) is 10.9. The van der Waals surface area contributed by atoms with Crippen LogP contribution in [0, 0.1) is 12.8 Å². The number of fused-ring (bicyclic) bond motifs is 3. The van der Waals surface area contributed by atoms with E-state index < -0.39 is 5.60 Å². The second-order valence-electron chi connectivity index (χ2n) is 10.9. The summed E-state index contributed by atoms with van der Waals surface area (Å²) in [6.45, 7) is 6.99. The molecular formula is C30H34N6O3. The van der Waals surface area contributed by atoms with Gasteiger partial charge in [0.1, 0.15) is 5.52 Å². The van der Waals surface area contributed by atoms with E-state index in [9.17, 15) is 5.11 Å². The summed E-state index contributed by atoms with van der Waals surface area (Å²) in [4.78, 5) is 9.63. The largest absolute Gasteiger partial charge is 0.480 e. The predicted molar refractivity (Wildman–Crippen MR) is 150 cm³/mol. The fourth-order valence-corrected chi connectivity index (χ4v) is 6.09. The molecule has 0 aliphatic carbocycles. The van der Waals surface area contributed by atoms with Crippen molar-refractivity contribution in [2.24, 2.45) is 13.0 Å². The molecule has 1 aliphatic rings. The summed E-state index contributed by atoms with van der Waals surface area (Å²) in [5.41, 5.74) is 6.06. The van der Waals surface area contributed by atoms with Crippen LogP contribution < -0.4 is 4.74 Å². The van der Waals surface area contributed by atoms with Crippen molar-refractivity contribution in [1.82, 2.24) is 29.5 Å². The number of nitrogens with zero attached hydrogens (tertiary/aromatic N) is 6. The zero-order valence-corrected chi connectivity index (χ0v) is 23.0. The Hall–Kier alpha value is -3.82. The van der Waals surface area contributed by atoms with Gasteiger partial charge in [-0.2, -0.15) is 0 Å². The molecule has 1 N–H and O–H groups in total. The molecule has 4 aromatic heterocycles. The molecule has 6 rings (SSSR count). The molecule has 202 valence electrons. The number of aliphatic hydroxyl groups is 1. The quantitative estimate of drug-likeness (QED) is 0.334. The lowest BCUT2D eigenvalue weighted by atomic mass is 9.86. The minimum atomic E-state index is -1.15. The first-order valence-electron chi connectivity index (χ1n) is 13.4. The van der Waals surface area contributed by atoms with Crippen LogP contribution in [-0.4, -0.2) is 55.0 Å². The smallest absolute Gasteiger partial charge is 0.224 e. The molecule has 5 heterocycles. The molecule has 9 heteroatoms. The highest BCUT2D eigenvalue weighted by atomic mass is 16.5. The molecule has 1 atom stereocenters. The fraction of sp³-hybridized carbons (Fsp3) is 0.400. The Kier molecular flexibility index (Phi) is 6.35. The van der Waals surface area contributed by atoms with Gasteiger partial charge in [-0.1, -0.05) is 35.5 Å². The van der Waals surface area contributed by atoms with Crippen LogP contribution in [0.15, 0.2) is 48.8 Å². The second kappa shape index (κ2) is 9.73. The van der Waals surface area contributed by atoms with Crippen molar-refractivity contribution in [3.8, 4) is 17.1 Å². The number of aromatic nitrogens is 6. The maximum atomic E-state index is 11.4. The Morgan fingerprint density at radius 3 is 2.49 bits per heavy atom. The van der Waals surface area contributed by atoms with Crippen molar-refractivity contribution in [2.45, 2.75) is 45.3 Å². The first kappa shape index (κ1) is 25.5. The van der Waals surface area contributed by atoms with E-state index in [1.165, 1.54) is 5.56 Å². The minimum absolute atomic E-state index is 0.0221. The maximum absolute atomic E-state index is 11.4. The normalized spacial score (nSPS) is 15.7. The molecule has 5 aromatic rings. The van der Waals surface area contributed by atoms with Crippen molar-refractivity contribution in [1.29, 1.82) is 0 Å². The van der Waals surface area contributed by atoms with E-state index in [1.807, 2.05) is 26.2 Å². The monoisotopic (exact) mass is 526 g/mol. The van der Waals surface area contributed by atoms with Crippen LogP contribution in [0.3, 0.4) is 0 Å². The molecule has 1 aliphatic heterocycles. The number of rotatable bonds is 6. The van der Waals surface area contributed by atoms with Gasteiger partial charge in [-0.05, 0) is 51.2 Å². The van der Waals surface area contributed by atoms with Crippen molar-refractivity contribution in [2.75, 3.05) is 20.3 Å². The summed E-state index contributed by atoms with van der Waals surface area (Å²) in [5, 5.41) is 20.7. The minimum Gasteiger partial charge on any atom is -0.480 e. The zero-order valence-electron chi connectivity index (χ0n) is 23.0. The zero-order chi connectivity index (χ0) is 27.3. The summed E-state index contributed by atoms with van der Waals surface area (Å²) in [6.07, 6.45) is 5.45. The van der Waals surface area contributed by atoms with Gasteiger partial charge in [0.05, 0.1) is 46.6 Å². The topological polar surface area (TPSA) is 100 Å². The Bertz CT molecular complexity index is 1630. The molecule has 9 nitrogen and oxygen atoms in total. The first-order valence-corrected chi connectivity index (χ1v) is 13.4. The highest BCUT2D eigenvalue weighted by molar-refractivity contribution is 6.10. The van der Waals surface area contributed by atoms with E-state index in [1.54, 1.807) is 31.8 Å². The van der Waals surface area contributed by atoms with Gasteiger partial charge in [0, 0.05) is 43.8 Å². The third kappa shape index (κ3) is 4.26. The molecule has 1 saturated heterocycles. The van der Waals surface area contributed by atoms with Crippen LogP contribution in [0.1, 0.15) is 49.6 Å². The van der Waals surface area contributed by atoms with Gasteiger partial charge in [0.15, 0.2) is 0 Å². The molecule has 0 bridgehead atoms. The molecule has 0 unspecified atom stereocenters. The fourth-order valence-electron chi connectivity index (χ4n) is 6.09. The van der Waals surface area contributed by atoms with E-state index >= 15 is 0 Å². The van der Waals surface area contributed by atoms with Crippen molar-refractivity contribution < 1.29 is 14.6 Å². The van der Waals surface area contributed by atoms with Gasteiger partial charge in [-0.25, -0.2) is 9.67 Å². The summed E-state index contributed by atoms with van der Waals surface area (Å²) in [5.74, 6) is 0.802. The third-order valence-electron chi connectivity index (χ3n) is 7.87. The number of ether oxygens (including phenoxy) is 2.